The number of hydrogen-bond acceptors (Lipinski definition) is 4. The lowest BCUT2D eigenvalue weighted by Gasteiger charge is -2.34. The summed E-state index contributed by atoms with van der Waals surface area (Å²) >= 11 is 0. The van der Waals surface area contributed by atoms with Crippen LogP contribution in [0.5, 0.6) is 5.75 Å². The summed E-state index contributed by atoms with van der Waals surface area (Å²) < 4.78 is 10.7. The Bertz CT molecular complexity index is 422. The minimum Gasteiger partial charge on any atom is -0.494 e. The van der Waals surface area contributed by atoms with Gasteiger partial charge in [-0.3, -0.25) is 4.79 Å². The number of ketones is 1. The quantitative estimate of drug-likeness (QED) is 0.826. The zero-order valence-corrected chi connectivity index (χ0v) is 11.4. The van der Waals surface area contributed by atoms with Gasteiger partial charge >= 0.3 is 0 Å². The van der Waals surface area contributed by atoms with Crippen LogP contribution in [0.25, 0.3) is 0 Å². The molecule has 0 amide bonds. The molecule has 4 heteroatoms. The number of rotatable bonds is 5. The molecular weight excluding hydrogens is 242 g/mol. The Morgan fingerprint density at radius 2 is 1.95 bits per heavy atom. The largest absolute Gasteiger partial charge is 0.494 e. The van der Waals surface area contributed by atoms with Crippen molar-refractivity contribution in [2.24, 2.45) is 11.1 Å². The minimum absolute atomic E-state index is 0.126. The van der Waals surface area contributed by atoms with Gasteiger partial charge in [0.25, 0.3) is 0 Å². The summed E-state index contributed by atoms with van der Waals surface area (Å²) in [6.45, 7) is 4.16. The number of nitrogens with two attached hydrogens (primary N) is 1. The SMILES string of the molecule is CCOc1ccc(C(=O)C2(CN)CCOCC2)cc1. The van der Waals surface area contributed by atoms with E-state index in [2.05, 4.69) is 0 Å². The molecule has 0 aliphatic carbocycles. The van der Waals surface area contributed by atoms with Crippen LogP contribution in [0.15, 0.2) is 24.3 Å². The Kier molecular flexibility index (Phi) is 4.56. The van der Waals surface area contributed by atoms with Gasteiger partial charge in [0.2, 0.25) is 0 Å². The lowest BCUT2D eigenvalue weighted by molar-refractivity contribution is 0.0200. The smallest absolute Gasteiger partial charge is 0.170 e. The molecule has 1 aliphatic rings. The van der Waals surface area contributed by atoms with Crippen LogP contribution >= 0.6 is 0 Å². The summed E-state index contributed by atoms with van der Waals surface area (Å²) in [4.78, 5) is 12.6. The molecule has 1 heterocycles. The maximum absolute atomic E-state index is 12.6. The van der Waals surface area contributed by atoms with Gasteiger partial charge < -0.3 is 15.2 Å². The number of carbonyl (C=O) groups is 1. The van der Waals surface area contributed by atoms with Crippen LogP contribution in [0.2, 0.25) is 0 Å². The molecule has 2 N–H and O–H groups in total. The molecule has 2 rings (SSSR count). The molecule has 1 saturated heterocycles. The summed E-state index contributed by atoms with van der Waals surface area (Å²) in [5.41, 5.74) is 6.10. The van der Waals surface area contributed by atoms with E-state index >= 15 is 0 Å². The fraction of sp³-hybridized carbons (Fsp3) is 0.533. The van der Waals surface area contributed by atoms with Crippen molar-refractivity contribution in [3.63, 3.8) is 0 Å². The summed E-state index contributed by atoms with van der Waals surface area (Å²) in [5, 5.41) is 0. The van der Waals surface area contributed by atoms with E-state index in [-0.39, 0.29) is 5.78 Å². The predicted molar refractivity (Wildman–Crippen MR) is 73.5 cm³/mol. The average Bonchev–Trinajstić information content (AvgIpc) is 2.48. The van der Waals surface area contributed by atoms with Gasteiger partial charge in [0, 0.05) is 25.3 Å². The van der Waals surface area contributed by atoms with Crippen molar-refractivity contribution in [1.29, 1.82) is 0 Å². The molecule has 0 aromatic heterocycles. The first-order valence-electron chi connectivity index (χ1n) is 6.77. The monoisotopic (exact) mass is 263 g/mol. The molecule has 19 heavy (non-hydrogen) atoms. The maximum atomic E-state index is 12.6. The highest BCUT2D eigenvalue weighted by molar-refractivity contribution is 6.00. The van der Waals surface area contributed by atoms with E-state index in [0.29, 0.717) is 44.8 Å². The van der Waals surface area contributed by atoms with Gasteiger partial charge in [-0.2, -0.15) is 0 Å². The fourth-order valence-corrected chi connectivity index (χ4v) is 2.46. The van der Waals surface area contributed by atoms with Crippen molar-refractivity contribution in [1.82, 2.24) is 0 Å². The number of hydrogen-bond donors (Lipinski definition) is 1. The lowest BCUT2D eigenvalue weighted by atomic mass is 9.74. The molecule has 1 fully saturated rings. The van der Waals surface area contributed by atoms with Crippen molar-refractivity contribution in [3.8, 4) is 5.75 Å². The van der Waals surface area contributed by atoms with Gasteiger partial charge in [0.1, 0.15) is 5.75 Å². The van der Waals surface area contributed by atoms with Crippen LogP contribution in [0.1, 0.15) is 30.1 Å². The zero-order chi connectivity index (χ0) is 13.7. The second kappa shape index (κ2) is 6.17. The molecule has 104 valence electrons. The Labute approximate surface area is 113 Å². The van der Waals surface area contributed by atoms with E-state index in [9.17, 15) is 4.79 Å². The zero-order valence-electron chi connectivity index (χ0n) is 11.4. The van der Waals surface area contributed by atoms with Crippen molar-refractivity contribution >= 4 is 5.78 Å². The third-order valence-electron chi connectivity index (χ3n) is 3.75. The van der Waals surface area contributed by atoms with Gasteiger partial charge in [-0.1, -0.05) is 0 Å². The number of Topliss-reactive ketones (excluding diaryl/α,β-unsaturated/α-hetero) is 1. The second-order valence-corrected chi connectivity index (χ2v) is 4.88. The van der Waals surface area contributed by atoms with Gasteiger partial charge in [-0.25, -0.2) is 0 Å². The molecule has 0 unspecified atom stereocenters. The summed E-state index contributed by atoms with van der Waals surface area (Å²) in [6, 6.07) is 7.31. The molecule has 0 spiro atoms. The topological polar surface area (TPSA) is 61.5 Å². The van der Waals surface area contributed by atoms with Crippen LogP contribution in [-0.2, 0) is 4.74 Å². The molecule has 4 nitrogen and oxygen atoms in total. The minimum atomic E-state index is -0.453. The third kappa shape index (κ3) is 2.96. The first-order valence-corrected chi connectivity index (χ1v) is 6.77. The van der Waals surface area contributed by atoms with Crippen molar-refractivity contribution in [2.75, 3.05) is 26.4 Å². The number of carbonyl (C=O) groups excluding carboxylic acids is 1. The second-order valence-electron chi connectivity index (χ2n) is 4.88. The van der Waals surface area contributed by atoms with Crippen LogP contribution in [0, 0.1) is 5.41 Å². The van der Waals surface area contributed by atoms with E-state index in [1.165, 1.54) is 0 Å². The lowest BCUT2D eigenvalue weighted by Crippen LogP contribution is -2.43. The average molecular weight is 263 g/mol. The fourth-order valence-electron chi connectivity index (χ4n) is 2.46. The normalized spacial score (nSPS) is 18.0. The summed E-state index contributed by atoms with van der Waals surface area (Å²) in [6.07, 6.45) is 1.41. The third-order valence-corrected chi connectivity index (χ3v) is 3.75. The highest BCUT2D eigenvalue weighted by Gasteiger charge is 2.39. The van der Waals surface area contributed by atoms with E-state index in [0.717, 1.165) is 5.75 Å². The van der Waals surface area contributed by atoms with E-state index in [4.69, 9.17) is 15.2 Å². The standard InChI is InChI=1S/C15H21NO3/c1-2-19-13-5-3-12(4-6-13)14(17)15(11-16)7-9-18-10-8-15/h3-6H,2,7-11,16H2,1H3. The highest BCUT2D eigenvalue weighted by Crippen LogP contribution is 2.33. The summed E-state index contributed by atoms with van der Waals surface area (Å²) in [5.74, 6) is 0.911. The molecular formula is C15H21NO3. The Morgan fingerprint density at radius 1 is 1.32 bits per heavy atom. The first-order chi connectivity index (χ1) is 9.22. The Hall–Kier alpha value is -1.39. The molecule has 1 aromatic rings. The maximum Gasteiger partial charge on any atom is 0.170 e. The molecule has 0 atom stereocenters. The van der Waals surface area contributed by atoms with Crippen LogP contribution in [0.4, 0.5) is 0 Å². The summed E-state index contributed by atoms with van der Waals surface area (Å²) in [7, 11) is 0. The molecule has 0 radical (unpaired) electrons. The number of ether oxygens (including phenoxy) is 2. The van der Waals surface area contributed by atoms with Gasteiger partial charge in [-0.15, -0.1) is 0 Å². The Balaban J connectivity index is 2.17. The highest BCUT2D eigenvalue weighted by atomic mass is 16.5. The Morgan fingerprint density at radius 3 is 2.47 bits per heavy atom. The molecule has 0 bridgehead atoms. The predicted octanol–water partition coefficient (Wildman–Crippen LogP) is 2.02. The van der Waals surface area contributed by atoms with Gasteiger partial charge in [0.05, 0.1) is 12.0 Å². The molecule has 1 aliphatic heterocycles. The van der Waals surface area contributed by atoms with Crippen LogP contribution < -0.4 is 10.5 Å². The van der Waals surface area contributed by atoms with E-state index < -0.39 is 5.41 Å². The van der Waals surface area contributed by atoms with Crippen molar-refractivity contribution in [2.45, 2.75) is 19.8 Å². The van der Waals surface area contributed by atoms with Gasteiger partial charge in [-0.05, 0) is 44.0 Å². The number of benzene rings is 1. The van der Waals surface area contributed by atoms with E-state index in [1.54, 1.807) is 0 Å². The van der Waals surface area contributed by atoms with E-state index in [1.807, 2.05) is 31.2 Å². The molecule has 1 aromatic carbocycles. The van der Waals surface area contributed by atoms with Crippen LogP contribution in [-0.4, -0.2) is 32.1 Å². The molecule has 0 saturated carbocycles. The van der Waals surface area contributed by atoms with Crippen molar-refractivity contribution < 1.29 is 14.3 Å². The van der Waals surface area contributed by atoms with Crippen LogP contribution in [0.3, 0.4) is 0 Å². The first kappa shape index (κ1) is 14.0. The van der Waals surface area contributed by atoms with Crippen molar-refractivity contribution in [3.05, 3.63) is 29.8 Å². The van der Waals surface area contributed by atoms with Gasteiger partial charge in [0.15, 0.2) is 5.78 Å².